The number of anilines is 1. The first-order valence-corrected chi connectivity index (χ1v) is 7.18. The van der Waals surface area contributed by atoms with Crippen molar-refractivity contribution in [1.29, 1.82) is 0 Å². The van der Waals surface area contributed by atoms with Gasteiger partial charge in [0.05, 0.1) is 32.0 Å². The average molecular weight is 342 g/mol. The van der Waals surface area contributed by atoms with E-state index in [2.05, 4.69) is 15.8 Å². The molecule has 0 aliphatic heterocycles. The number of para-hydroxylation sites is 1. The Balaban J connectivity index is 2.15. The topological polar surface area (TPSA) is 112 Å². The summed E-state index contributed by atoms with van der Waals surface area (Å²) < 4.78 is 10.1. The lowest BCUT2D eigenvalue weighted by Gasteiger charge is -2.15. The number of carbonyl (C=O) groups is 2. The molecule has 0 saturated heterocycles. The molecule has 0 bridgehead atoms. The van der Waals surface area contributed by atoms with Crippen molar-refractivity contribution < 1.29 is 24.2 Å². The van der Waals surface area contributed by atoms with Gasteiger partial charge in [-0.25, -0.2) is 10.2 Å². The van der Waals surface area contributed by atoms with Gasteiger partial charge in [0, 0.05) is 11.3 Å². The highest BCUT2D eigenvalue weighted by molar-refractivity contribution is 6.01. The summed E-state index contributed by atoms with van der Waals surface area (Å²) in [5.41, 5.74) is 2.81. The summed E-state index contributed by atoms with van der Waals surface area (Å²) in [6.07, 6.45) is 1.18. The van der Waals surface area contributed by atoms with E-state index in [4.69, 9.17) is 9.47 Å². The standard InChI is InChI=1S/C17H17N3O5/c1-24-13-9-8-11(14(16(21)22)15(13)25-2)10-18-20-17(23)19-12-6-4-3-5-7-12/h3-10H,1-2H3,(H,21,22)(H2,19,20,23)/p-1/b18-10-. The van der Waals surface area contributed by atoms with Crippen LogP contribution in [0, 0.1) is 0 Å². The molecule has 2 aromatic rings. The summed E-state index contributed by atoms with van der Waals surface area (Å²) >= 11 is 0. The second kappa shape index (κ2) is 8.34. The number of hydrogen-bond acceptors (Lipinski definition) is 6. The molecule has 0 radical (unpaired) electrons. The molecule has 2 amide bonds. The molecule has 0 aliphatic rings. The Morgan fingerprint density at radius 2 is 1.80 bits per heavy atom. The first-order valence-electron chi connectivity index (χ1n) is 7.18. The fourth-order valence-electron chi connectivity index (χ4n) is 2.10. The van der Waals surface area contributed by atoms with Gasteiger partial charge < -0.3 is 24.7 Å². The number of nitrogens with one attached hydrogen (secondary N) is 2. The van der Waals surface area contributed by atoms with Crippen molar-refractivity contribution in [2.75, 3.05) is 19.5 Å². The molecule has 0 aliphatic carbocycles. The van der Waals surface area contributed by atoms with E-state index in [0.29, 0.717) is 5.69 Å². The number of carboxylic acid groups (broad SMARTS) is 1. The lowest BCUT2D eigenvalue weighted by Crippen LogP contribution is -2.26. The van der Waals surface area contributed by atoms with E-state index < -0.39 is 12.0 Å². The molecule has 130 valence electrons. The van der Waals surface area contributed by atoms with Crippen LogP contribution in [0.2, 0.25) is 0 Å². The van der Waals surface area contributed by atoms with E-state index in [-0.39, 0.29) is 22.6 Å². The lowest BCUT2D eigenvalue weighted by molar-refractivity contribution is -0.255. The number of carboxylic acids is 1. The zero-order valence-corrected chi connectivity index (χ0v) is 13.6. The molecule has 2 aromatic carbocycles. The van der Waals surface area contributed by atoms with Crippen molar-refractivity contribution in [3.63, 3.8) is 0 Å². The maximum Gasteiger partial charge on any atom is 0.339 e. The van der Waals surface area contributed by atoms with Crippen molar-refractivity contribution in [2.24, 2.45) is 5.10 Å². The van der Waals surface area contributed by atoms with Gasteiger partial charge in [-0.2, -0.15) is 5.10 Å². The Morgan fingerprint density at radius 1 is 1.08 bits per heavy atom. The quantitative estimate of drug-likeness (QED) is 0.605. The van der Waals surface area contributed by atoms with Crippen molar-refractivity contribution in [2.45, 2.75) is 0 Å². The minimum atomic E-state index is -1.45. The van der Waals surface area contributed by atoms with Gasteiger partial charge in [-0.1, -0.05) is 18.2 Å². The molecule has 8 heteroatoms. The van der Waals surface area contributed by atoms with E-state index in [9.17, 15) is 14.7 Å². The van der Waals surface area contributed by atoms with Gasteiger partial charge >= 0.3 is 6.03 Å². The summed E-state index contributed by atoms with van der Waals surface area (Å²) in [6.45, 7) is 0. The predicted molar refractivity (Wildman–Crippen MR) is 90.1 cm³/mol. The first-order chi connectivity index (χ1) is 12.1. The van der Waals surface area contributed by atoms with Crippen LogP contribution in [-0.2, 0) is 0 Å². The van der Waals surface area contributed by atoms with Crippen molar-refractivity contribution in [1.82, 2.24) is 5.43 Å². The second-order valence-electron chi connectivity index (χ2n) is 4.74. The molecule has 2 N–H and O–H groups in total. The highest BCUT2D eigenvalue weighted by Crippen LogP contribution is 2.32. The normalized spacial score (nSPS) is 10.3. The average Bonchev–Trinajstić information content (AvgIpc) is 2.61. The van der Waals surface area contributed by atoms with Gasteiger partial charge in [0.1, 0.15) is 0 Å². The number of hydrazone groups is 1. The molecular weight excluding hydrogens is 326 g/mol. The molecule has 0 unspecified atom stereocenters. The SMILES string of the molecule is COc1ccc(/C=N\NC(=O)Nc2ccccc2)c(C(=O)[O-])c1OC. The fraction of sp³-hybridized carbons (Fsp3) is 0.118. The number of hydrogen-bond donors (Lipinski definition) is 2. The van der Waals surface area contributed by atoms with E-state index in [0.717, 1.165) is 0 Å². The van der Waals surface area contributed by atoms with Crippen molar-refractivity contribution in [3.05, 3.63) is 53.6 Å². The molecule has 0 atom stereocenters. The summed E-state index contributed by atoms with van der Waals surface area (Å²) in [6, 6.07) is 11.2. The van der Waals surface area contributed by atoms with Crippen LogP contribution in [0.5, 0.6) is 11.5 Å². The lowest BCUT2D eigenvalue weighted by atomic mass is 10.1. The van der Waals surface area contributed by atoms with Crippen LogP contribution in [-0.4, -0.2) is 32.4 Å². The Labute approximate surface area is 144 Å². The second-order valence-corrected chi connectivity index (χ2v) is 4.74. The van der Waals surface area contributed by atoms with Gasteiger partial charge in [-0.3, -0.25) is 0 Å². The summed E-state index contributed by atoms with van der Waals surface area (Å²) in [5.74, 6) is -1.19. The van der Waals surface area contributed by atoms with Crippen LogP contribution in [0.1, 0.15) is 15.9 Å². The smallest absolute Gasteiger partial charge is 0.339 e. The van der Waals surface area contributed by atoms with Crippen LogP contribution >= 0.6 is 0 Å². The summed E-state index contributed by atoms with van der Waals surface area (Å²) in [7, 11) is 2.71. The third-order valence-electron chi connectivity index (χ3n) is 3.18. The largest absolute Gasteiger partial charge is 0.545 e. The van der Waals surface area contributed by atoms with Crippen LogP contribution < -0.4 is 25.3 Å². The molecule has 25 heavy (non-hydrogen) atoms. The molecule has 0 spiro atoms. The number of benzene rings is 2. The molecule has 0 aromatic heterocycles. The number of amides is 2. The van der Waals surface area contributed by atoms with Crippen molar-refractivity contribution >= 4 is 23.9 Å². The molecule has 8 nitrogen and oxygen atoms in total. The number of ether oxygens (including phenoxy) is 2. The number of nitrogens with zero attached hydrogens (tertiary/aromatic N) is 1. The molecule has 0 fully saturated rings. The number of rotatable bonds is 6. The maximum atomic E-state index is 11.7. The molecular formula is C17H16N3O5-. The number of urea groups is 1. The summed E-state index contributed by atoms with van der Waals surface area (Å²) in [4.78, 5) is 23.1. The fourth-order valence-corrected chi connectivity index (χ4v) is 2.10. The van der Waals surface area contributed by atoms with Crippen molar-refractivity contribution in [3.8, 4) is 11.5 Å². The third kappa shape index (κ3) is 4.47. The number of aromatic carboxylic acids is 1. The Bertz CT molecular complexity index is 790. The first kappa shape index (κ1) is 17.8. The third-order valence-corrected chi connectivity index (χ3v) is 3.18. The molecule has 2 rings (SSSR count). The van der Waals surface area contributed by atoms with Crippen LogP contribution in [0.15, 0.2) is 47.6 Å². The zero-order chi connectivity index (χ0) is 18.2. The Hall–Kier alpha value is -3.55. The number of carbonyl (C=O) groups excluding carboxylic acids is 2. The van der Waals surface area contributed by atoms with E-state index in [1.165, 1.54) is 32.6 Å². The molecule has 0 heterocycles. The molecule has 0 saturated carbocycles. The van der Waals surface area contributed by atoms with Gasteiger partial charge in [0.15, 0.2) is 11.5 Å². The minimum absolute atomic E-state index is 0.0141. The van der Waals surface area contributed by atoms with Gasteiger partial charge in [0.2, 0.25) is 0 Å². The van der Waals surface area contributed by atoms with E-state index >= 15 is 0 Å². The van der Waals surface area contributed by atoms with E-state index in [1.807, 2.05) is 6.07 Å². The van der Waals surface area contributed by atoms with Crippen LogP contribution in [0.25, 0.3) is 0 Å². The van der Waals surface area contributed by atoms with E-state index in [1.54, 1.807) is 24.3 Å². The van der Waals surface area contributed by atoms with Gasteiger partial charge in [0.25, 0.3) is 0 Å². The highest BCUT2D eigenvalue weighted by Gasteiger charge is 2.15. The Kier molecular flexibility index (Phi) is 5.94. The van der Waals surface area contributed by atoms with Gasteiger partial charge in [-0.15, -0.1) is 0 Å². The minimum Gasteiger partial charge on any atom is -0.545 e. The summed E-state index contributed by atoms with van der Waals surface area (Å²) in [5, 5.41) is 17.7. The van der Waals surface area contributed by atoms with Crippen LogP contribution in [0.4, 0.5) is 10.5 Å². The maximum absolute atomic E-state index is 11.7. The van der Waals surface area contributed by atoms with Crippen LogP contribution in [0.3, 0.4) is 0 Å². The predicted octanol–water partition coefficient (Wildman–Crippen LogP) is 1.22. The Morgan fingerprint density at radius 3 is 2.40 bits per heavy atom. The highest BCUT2D eigenvalue weighted by atomic mass is 16.5. The van der Waals surface area contributed by atoms with Gasteiger partial charge in [-0.05, 0) is 24.3 Å². The number of methoxy groups -OCH3 is 2. The zero-order valence-electron chi connectivity index (χ0n) is 13.6. The monoisotopic (exact) mass is 342 g/mol.